The van der Waals surface area contributed by atoms with Crippen LogP contribution >= 0.6 is 0 Å². The predicted octanol–water partition coefficient (Wildman–Crippen LogP) is 4.75. The smallest absolute Gasteiger partial charge is 0.165 e. The fraction of sp³-hybridized carbons (Fsp3) is 0.789. The van der Waals surface area contributed by atoms with Gasteiger partial charge in [-0.15, -0.1) is 0 Å². The van der Waals surface area contributed by atoms with Gasteiger partial charge in [0.15, 0.2) is 5.79 Å². The lowest BCUT2D eigenvalue weighted by Crippen LogP contribution is -2.41. The van der Waals surface area contributed by atoms with E-state index in [9.17, 15) is 5.11 Å². The van der Waals surface area contributed by atoms with Crippen molar-refractivity contribution in [1.29, 1.82) is 0 Å². The standard InChI is InChI=1S/C19H34O3/c1-15(2)9-7-10-16(3)11-8-13-18(4,20)17-12-14-19(5,21-6)22-17/h9,11,17,20H,7-8,10,12-14H2,1-6H3. The second-order valence-corrected chi connectivity index (χ2v) is 7.25. The predicted molar refractivity (Wildman–Crippen MR) is 91.8 cm³/mol. The Morgan fingerprint density at radius 2 is 2.00 bits per heavy atom. The van der Waals surface area contributed by atoms with Crippen LogP contribution in [-0.4, -0.2) is 29.7 Å². The molecule has 1 heterocycles. The summed E-state index contributed by atoms with van der Waals surface area (Å²) in [6, 6.07) is 0. The third kappa shape index (κ3) is 6.23. The van der Waals surface area contributed by atoms with Gasteiger partial charge in [-0.2, -0.15) is 0 Å². The van der Waals surface area contributed by atoms with E-state index in [-0.39, 0.29) is 6.10 Å². The van der Waals surface area contributed by atoms with Gasteiger partial charge in [0.05, 0.1) is 11.7 Å². The second-order valence-electron chi connectivity index (χ2n) is 7.25. The van der Waals surface area contributed by atoms with E-state index < -0.39 is 11.4 Å². The molecule has 3 unspecified atom stereocenters. The molecule has 1 aliphatic rings. The molecule has 1 aliphatic heterocycles. The molecule has 0 radical (unpaired) electrons. The van der Waals surface area contributed by atoms with E-state index in [1.54, 1.807) is 7.11 Å². The number of hydrogen-bond donors (Lipinski definition) is 1. The molecule has 0 aliphatic carbocycles. The van der Waals surface area contributed by atoms with Crippen LogP contribution in [0.15, 0.2) is 23.3 Å². The first-order valence-corrected chi connectivity index (χ1v) is 8.43. The maximum Gasteiger partial charge on any atom is 0.165 e. The Labute approximate surface area is 136 Å². The molecule has 3 nitrogen and oxygen atoms in total. The van der Waals surface area contributed by atoms with Crippen LogP contribution in [-0.2, 0) is 9.47 Å². The van der Waals surface area contributed by atoms with Gasteiger partial charge in [-0.05, 0) is 66.7 Å². The van der Waals surface area contributed by atoms with E-state index >= 15 is 0 Å². The molecule has 0 aromatic carbocycles. The van der Waals surface area contributed by atoms with Crippen LogP contribution in [0.5, 0.6) is 0 Å². The van der Waals surface area contributed by atoms with Gasteiger partial charge in [0.1, 0.15) is 0 Å². The van der Waals surface area contributed by atoms with E-state index in [0.29, 0.717) is 0 Å². The van der Waals surface area contributed by atoms with E-state index in [4.69, 9.17) is 9.47 Å². The molecule has 128 valence electrons. The highest BCUT2D eigenvalue weighted by Crippen LogP contribution is 2.37. The first kappa shape index (κ1) is 19.4. The number of rotatable bonds is 8. The molecule has 22 heavy (non-hydrogen) atoms. The van der Waals surface area contributed by atoms with Crippen LogP contribution in [0.2, 0.25) is 0 Å². The Hall–Kier alpha value is -0.640. The molecule has 1 rings (SSSR count). The van der Waals surface area contributed by atoms with Crippen molar-refractivity contribution >= 4 is 0 Å². The third-order valence-electron chi connectivity index (χ3n) is 4.61. The van der Waals surface area contributed by atoms with Crippen molar-refractivity contribution < 1.29 is 14.6 Å². The van der Waals surface area contributed by atoms with Crippen LogP contribution in [0, 0.1) is 0 Å². The van der Waals surface area contributed by atoms with Gasteiger partial charge < -0.3 is 14.6 Å². The first-order valence-electron chi connectivity index (χ1n) is 8.43. The zero-order valence-electron chi connectivity index (χ0n) is 15.2. The highest BCUT2D eigenvalue weighted by Gasteiger charge is 2.44. The normalized spacial score (nSPS) is 28.5. The molecule has 1 N–H and O–H groups in total. The zero-order chi connectivity index (χ0) is 16.8. The van der Waals surface area contributed by atoms with E-state index in [2.05, 4.69) is 32.9 Å². The van der Waals surface area contributed by atoms with Crippen molar-refractivity contribution in [3.05, 3.63) is 23.3 Å². The van der Waals surface area contributed by atoms with Crippen molar-refractivity contribution in [2.45, 2.75) is 90.6 Å². The van der Waals surface area contributed by atoms with Crippen LogP contribution in [0.4, 0.5) is 0 Å². The Kier molecular flexibility index (Phi) is 7.30. The Morgan fingerprint density at radius 1 is 1.32 bits per heavy atom. The lowest BCUT2D eigenvalue weighted by atomic mass is 9.91. The monoisotopic (exact) mass is 310 g/mol. The van der Waals surface area contributed by atoms with Crippen molar-refractivity contribution in [1.82, 2.24) is 0 Å². The summed E-state index contributed by atoms with van der Waals surface area (Å²) in [5, 5.41) is 10.7. The lowest BCUT2D eigenvalue weighted by molar-refractivity contribution is -0.227. The minimum atomic E-state index is -0.799. The van der Waals surface area contributed by atoms with E-state index in [1.807, 2.05) is 13.8 Å². The summed E-state index contributed by atoms with van der Waals surface area (Å²) >= 11 is 0. The SMILES string of the molecule is COC1(C)CCC(C(C)(O)CCC=C(C)CCC=C(C)C)O1. The fourth-order valence-corrected chi connectivity index (χ4v) is 2.86. The maximum absolute atomic E-state index is 10.7. The van der Waals surface area contributed by atoms with Crippen molar-refractivity contribution in [2.75, 3.05) is 7.11 Å². The minimum absolute atomic E-state index is 0.142. The van der Waals surface area contributed by atoms with Crippen molar-refractivity contribution in [3.63, 3.8) is 0 Å². The van der Waals surface area contributed by atoms with Crippen molar-refractivity contribution in [2.24, 2.45) is 0 Å². The van der Waals surface area contributed by atoms with Crippen LogP contribution in [0.25, 0.3) is 0 Å². The van der Waals surface area contributed by atoms with E-state index in [1.165, 1.54) is 11.1 Å². The number of hydrogen-bond acceptors (Lipinski definition) is 3. The molecule has 0 spiro atoms. The average Bonchev–Trinajstić information content (AvgIpc) is 2.82. The highest BCUT2D eigenvalue weighted by molar-refractivity contribution is 5.03. The van der Waals surface area contributed by atoms with Crippen molar-refractivity contribution in [3.8, 4) is 0 Å². The fourth-order valence-electron chi connectivity index (χ4n) is 2.86. The van der Waals surface area contributed by atoms with Gasteiger partial charge in [0, 0.05) is 13.5 Å². The molecule has 1 saturated heterocycles. The summed E-state index contributed by atoms with van der Waals surface area (Å²) in [5.74, 6) is -0.537. The molecule has 3 heteroatoms. The summed E-state index contributed by atoms with van der Waals surface area (Å²) in [5.41, 5.74) is 1.96. The highest BCUT2D eigenvalue weighted by atomic mass is 16.7. The maximum atomic E-state index is 10.7. The Balaban J connectivity index is 2.41. The topological polar surface area (TPSA) is 38.7 Å². The minimum Gasteiger partial charge on any atom is -0.387 e. The molecule has 0 amide bonds. The molecule has 0 aromatic heterocycles. The second kappa shape index (κ2) is 8.28. The molecular formula is C19H34O3. The van der Waals surface area contributed by atoms with E-state index in [0.717, 1.165) is 38.5 Å². The largest absolute Gasteiger partial charge is 0.387 e. The molecular weight excluding hydrogens is 276 g/mol. The van der Waals surface area contributed by atoms with Gasteiger partial charge in [-0.25, -0.2) is 0 Å². The molecule has 0 saturated carbocycles. The summed E-state index contributed by atoms with van der Waals surface area (Å²) < 4.78 is 11.3. The molecule has 0 bridgehead atoms. The average molecular weight is 310 g/mol. The zero-order valence-corrected chi connectivity index (χ0v) is 15.2. The van der Waals surface area contributed by atoms with Crippen LogP contribution in [0.3, 0.4) is 0 Å². The quantitative estimate of drug-likeness (QED) is 0.657. The lowest BCUT2D eigenvalue weighted by Gasteiger charge is -2.32. The van der Waals surface area contributed by atoms with Crippen LogP contribution < -0.4 is 0 Å². The number of aliphatic hydroxyl groups is 1. The molecule has 1 fully saturated rings. The van der Waals surface area contributed by atoms with Gasteiger partial charge in [0.2, 0.25) is 0 Å². The molecule has 0 aromatic rings. The van der Waals surface area contributed by atoms with Crippen LogP contribution in [0.1, 0.15) is 73.1 Å². The number of methoxy groups -OCH3 is 1. The first-order chi connectivity index (χ1) is 10.2. The van der Waals surface area contributed by atoms with Gasteiger partial charge in [-0.3, -0.25) is 0 Å². The third-order valence-corrected chi connectivity index (χ3v) is 4.61. The summed E-state index contributed by atoms with van der Waals surface area (Å²) in [6.07, 6.45) is 9.85. The Bertz CT molecular complexity index is 405. The Morgan fingerprint density at radius 3 is 2.55 bits per heavy atom. The number of ether oxygens (including phenoxy) is 2. The summed E-state index contributed by atoms with van der Waals surface area (Å²) in [6.45, 7) is 10.3. The summed E-state index contributed by atoms with van der Waals surface area (Å²) in [7, 11) is 1.66. The summed E-state index contributed by atoms with van der Waals surface area (Å²) in [4.78, 5) is 0. The van der Waals surface area contributed by atoms with Gasteiger partial charge in [0.25, 0.3) is 0 Å². The number of allylic oxidation sites excluding steroid dienone is 4. The van der Waals surface area contributed by atoms with Gasteiger partial charge in [-0.1, -0.05) is 23.3 Å². The molecule has 3 atom stereocenters. The van der Waals surface area contributed by atoms with Gasteiger partial charge >= 0.3 is 0 Å².